The van der Waals surface area contributed by atoms with E-state index in [1.807, 2.05) is 23.6 Å². The first-order valence-electron chi connectivity index (χ1n) is 8.51. The van der Waals surface area contributed by atoms with Crippen LogP contribution in [0.25, 0.3) is 10.7 Å². The van der Waals surface area contributed by atoms with Gasteiger partial charge in [0.05, 0.1) is 17.8 Å². The number of amides is 1. The standard InChI is InChI=1S/C18H24N4OS/c1-3-15-12-21(2)9-6-10-22(15)17(23)11-14-13-24-18(20-14)16-7-4-5-8-19-16/h4-5,7-8,13,15H,3,6,9-12H2,1-2H3/t15-/m0/s1. The van der Waals surface area contributed by atoms with E-state index >= 15 is 0 Å². The molecule has 6 heteroatoms. The molecule has 1 saturated heterocycles. The van der Waals surface area contributed by atoms with Crippen LogP contribution in [0.15, 0.2) is 29.8 Å². The van der Waals surface area contributed by atoms with Crippen molar-refractivity contribution in [3.05, 3.63) is 35.5 Å². The van der Waals surface area contributed by atoms with E-state index in [1.54, 1.807) is 17.5 Å². The summed E-state index contributed by atoms with van der Waals surface area (Å²) in [6.45, 7) is 5.02. The van der Waals surface area contributed by atoms with E-state index in [0.29, 0.717) is 12.5 Å². The number of aromatic nitrogens is 2. The summed E-state index contributed by atoms with van der Waals surface area (Å²) in [5, 5.41) is 2.85. The molecule has 3 rings (SSSR count). The molecule has 1 aliphatic heterocycles. The van der Waals surface area contributed by atoms with E-state index in [1.165, 1.54) is 0 Å². The molecule has 24 heavy (non-hydrogen) atoms. The smallest absolute Gasteiger partial charge is 0.228 e. The molecule has 0 spiro atoms. The Morgan fingerprint density at radius 2 is 2.25 bits per heavy atom. The van der Waals surface area contributed by atoms with E-state index in [2.05, 4.69) is 33.7 Å². The molecule has 128 valence electrons. The maximum atomic E-state index is 12.8. The molecular weight excluding hydrogens is 320 g/mol. The Morgan fingerprint density at radius 3 is 3.00 bits per heavy atom. The van der Waals surface area contributed by atoms with Crippen LogP contribution in [0, 0.1) is 0 Å². The number of pyridine rings is 1. The molecule has 0 radical (unpaired) electrons. The van der Waals surface area contributed by atoms with Gasteiger partial charge in [0.25, 0.3) is 0 Å². The van der Waals surface area contributed by atoms with Crippen molar-refractivity contribution in [3.63, 3.8) is 0 Å². The minimum atomic E-state index is 0.190. The second-order valence-electron chi connectivity index (χ2n) is 6.30. The molecule has 2 aromatic rings. The van der Waals surface area contributed by atoms with Gasteiger partial charge in [0.1, 0.15) is 5.01 Å². The van der Waals surface area contributed by atoms with Crippen molar-refractivity contribution in [2.45, 2.75) is 32.2 Å². The van der Waals surface area contributed by atoms with Gasteiger partial charge in [-0.05, 0) is 38.6 Å². The second-order valence-corrected chi connectivity index (χ2v) is 7.16. The maximum Gasteiger partial charge on any atom is 0.228 e. The monoisotopic (exact) mass is 344 g/mol. The molecule has 1 atom stereocenters. The fourth-order valence-electron chi connectivity index (χ4n) is 3.17. The zero-order valence-electron chi connectivity index (χ0n) is 14.3. The Bertz CT molecular complexity index is 673. The highest BCUT2D eigenvalue weighted by molar-refractivity contribution is 7.13. The quantitative estimate of drug-likeness (QED) is 0.856. The van der Waals surface area contributed by atoms with Gasteiger partial charge in [0, 0.05) is 30.7 Å². The van der Waals surface area contributed by atoms with E-state index in [4.69, 9.17) is 0 Å². The second kappa shape index (κ2) is 7.85. The highest BCUT2D eigenvalue weighted by Crippen LogP contribution is 2.22. The Morgan fingerprint density at radius 1 is 1.38 bits per heavy atom. The number of rotatable bonds is 4. The molecule has 1 fully saturated rings. The molecule has 0 N–H and O–H groups in total. The summed E-state index contributed by atoms with van der Waals surface area (Å²) in [7, 11) is 2.14. The summed E-state index contributed by atoms with van der Waals surface area (Å²) < 4.78 is 0. The van der Waals surface area contributed by atoms with Crippen LogP contribution >= 0.6 is 11.3 Å². The number of carbonyl (C=O) groups is 1. The predicted octanol–water partition coefficient (Wildman–Crippen LogP) is 2.69. The van der Waals surface area contributed by atoms with Gasteiger partial charge in [-0.2, -0.15) is 0 Å². The zero-order chi connectivity index (χ0) is 16.9. The maximum absolute atomic E-state index is 12.8. The summed E-state index contributed by atoms with van der Waals surface area (Å²) in [6, 6.07) is 6.10. The third-order valence-electron chi connectivity index (χ3n) is 4.46. The fourth-order valence-corrected chi connectivity index (χ4v) is 3.97. The molecule has 2 aromatic heterocycles. The summed E-state index contributed by atoms with van der Waals surface area (Å²) in [6.07, 6.45) is 4.17. The number of thiazole rings is 1. The van der Waals surface area contributed by atoms with Gasteiger partial charge in [-0.3, -0.25) is 9.78 Å². The van der Waals surface area contributed by atoms with Crippen LogP contribution in [-0.2, 0) is 11.2 Å². The molecule has 0 aromatic carbocycles. The van der Waals surface area contributed by atoms with Crippen molar-refractivity contribution in [1.82, 2.24) is 19.8 Å². The molecule has 0 aliphatic carbocycles. The molecule has 0 unspecified atom stereocenters. The lowest BCUT2D eigenvalue weighted by atomic mass is 10.1. The largest absolute Gasteiger partial charge is 0.338 e. The van der Waals surface area contributed by atoms with Crippen molar-refractivity contribution >= 4 is 17.2 Å². The zero-order valence-corrected chi connectivity index (χ0v) is 15.1. The average molecular weight is 344 g/mol. The molecule has 0 bridgehead atoms. The topological polar surface area (TPSA) is 49.3 Å². The number of likely N-dealkylation sites (N-methyl/N-ethyl adjacent to an activating group) is 1. The first kappa shape index (κ1) is 17.0. The average Bonchev–Trinajstić information content (AvgIpc) is 2.97. The lowest BCUT2D eigenvalue weighted by Crippen LogP contribution is -2.44. The Balaban J connectivity index is 1.69. The SMILES string of the molecule is CC[C@H]1CN(C)CCCN1C(=O)Cc1csc(-c2ccccn2)n1. The lowest BCUT2D eigenvalue weighted by molar-refractivity contribution is -0.132. The van der Waals surface area contributed by atoms with Crippen LogP contribution in [0.4, 0.5) is 0 Å². The third kappa shape index (κ3) is 3.99. The van der Waals surface area contributed by atoms with Gasteiger partial charge in [-0.1, -0.05) is 13.0 Å². The van der Waals surface area contributed by atoms with Crippen molar-refractivity contribution in [3.8, 4) is 10.7 Å². The minimum absolute atomic E-state index is 0.190. The Labute approximate surface area is 147 Å². The van der Waals surface area contributed by atoms with Gasteiger partial charge in [0.2, 0.25) is 5.91 Å². The van der Waals surface area contributed by atoms with Crippen molar-refractivity contribution in [2.24, 2.45) is 0 Å². The van der Waals surface area contributed by atoms with Crippen LogP contribution in [0.5, 0.6) is 0 Å². The molecule has 5 nitrogen and oxygen atoms in total. The van der Waals surface area contributed by atoms with Crippen molar-refractivity contribution in [1.29, 1.82) is 0 Å². The number of hydrogen-bond donors (Lipinski definition) is 0. The summed E-state index contributed by atoms with van der Waals surface area (Å²) in [4.78, 5) is 26.1. The molecule has 1 amide bonds. The highest BCUT2D eigenvalue weighted by atomic mass is 32.1. The van der Waals surface area contributed by atoms with Crippen LogP contribution < -0.4 is 0 Å². The fraction of sp³-hybridized carbons (Fsp3) is 0.500. The summed E-state index contributed by atoms with van der Waals surface area (Å²) >= 11 is 1.55. The minimum Gasteiger partial charge on any atom is -0.338 e. The van der Waals surface area contributed by atoms with Crippen molar-refractivity contribution in [2.75, 3.05) is 26.7 Å². The van der Waals surface area contributed by atoms with Crippen LogP contribution in [-0.4, -0.2) is 58.4 Å². The normalized spacial score (nSPS) is 19.2. The van der Waals surface area contributed by atoms with E-state index in [9.17, 15) is 4.79 Å². The van der Waals surface area contributed by atoms with Gasteiger partial charge in [-0.15, -0.1) is 11.3 Å². The van der Waals surface area contributed by atoms with Gasteiger partial charge < -0.3 is 9.80 Å². The predicted molar refractivity (Wildman–Crippen MR) is 97.0 cm³/mol. The van der Waals surface area contributed by atoms with Gasteiger partial charge >= 0.3 is 0 Å². The molecule has 0 saturated carbocycles. The van der Waals surface area contributed by atoms with Crippen molar-refractivity contribution < 1.29 is 4.79 Å². The summed E-state index contributed by atoms with van der Waals surface area (Å²) in [5.74, 6) is 0.190. The van der Waals surface area contributed by atoms with Crippen LogP contribution in [0.1, 0.15) is 25.5 Å². The first-order valence-corrected chi connectivity index (χ1v) is 9.39. The molecule has 3 heterocycles. The van der Waals surface area contributed by atoms with Gasteiger partial charge in [-0.25, -0.2) is 4.98 Å². The van der Waals surface area contributed by atoms with Crippen LogP contribution in [0.3, 0.4) is 0 Å². The Kier molecular flexibility index (Phi) is 5.58. The molecule has 1 aliphatic rings. The molecular formula is C18H24N4OS. The Hall–Kier alpha value is -1.79. The number of hydrogen-bond acceptors (Lipinski definition) is 5. The van der Waals surface area contributed by atoms with E-state index in [0.717, 1.165) is 48.9 Å². The third-order valence-corrected chi connectivity index (χ3v) is 5.38. The van der Waals surface area contributed by atoms with Gasteiger partial charge in [0.15, 0.2) is 0 Å². The lowest BCUT2D eigenvalue weighted by Gasteiger charge is -2.30. The van der Waals surface area contributed by atoms with E-state index < -0.39 is 0 Å². The van der Waals surface area contributed by atoms with Crippen LogP contribution in [0.2, 0.25) is 0 Å². The number of carbonyl (C=O) groups excluding carboxylic acids is 1. The summed E-state index contributed by atoms with van der Waals surface area (Å²) in [5.41, 5.74) is 1.71. The number of nitrogens with zero attached hydrogens (tertiary/aromatic N) is 4. The highest BCUT2D eigenvalue weighted by Gasteiger charge is 2.26. The van der Waals surface area contributed by atoms with E-state index in [-0.39, 0.29) is 5.91 Å². The first-order chi connectivity index (χ1) is 11.7.